The average Bonchev–Trinajstić information content (AvgIpc) is 3.61. The third-order valence-corrected chi connectivity index (χ3v) is 6.97. The number of furan rings is 1. The Kier molecular flexibility index (Phi) is 6.15. The molecule has 3 heterocycles. The lowest BCUT2D eigenvalue weighted by Crippen LogP contribution is -2.31. The molecule has 0 saturated carbocycles. The molecule has 4 aromatic rings. The molecule has 1 amide bonds. The van der Waals surface area contributed by atoms with Crippen molar-refractivity contribution >= 4 is 28.4 Å². The normalized spacial score (nSPS) is 17.6. The molecule has 1 aliphatic heterocycles. The van der Waals surface area contributed by atoms with Crippen molar-refractivity contribution in [3.05, 3.63) is 95.1 Å². The monoisotopic (exact) mass is 498 g/mol. The van der Waals surface area contributed by atoms with Gasteiger partial charge in [-0.05, 0) is 53.3 Å². The lowest BCUT2D eigenvalue weighted by molar-refractivity contribution is -0.140. The highest BCUT2D eigenvalue weighted by Gasteiger charge is 2.47. The highest BCUT2D eigenvalue weighted by Crippen LogP contribution is 2.42. The van der Waals surface area contributed by atoms with Crippen molar-refractivity contribution in [1.82, 2.24) is 9.88 Å². The number of carbonyl (C=O) groups is 2. The Labute approximate surface area is 215 Å². The summed E-state index contributed by atoms with van der Waals surface area (Å²) in [7, 11) is 1.51. The molecule has 2 aromatic carbocycles. The van der Waals surface area contributed by atoms with Crippen molar-refractivity contribution in [2.24, 2.45) is 0 Å². The van der Waals surface area contributed by atoms with E-state index in [2.05, 4.69) is 25.8 Å². The molecule has 7 nitrogen and oxygen atoms in total. The number of amides is 1. The number of ether oxygens (including phenoxy) is 1. The van der Waals surface area contributed by atoms with Crippen LogP contribution in [0.1, 0.15) is 49.3 Å². The molecule has 1 aliphatic rings. The van der Waals surface area contributed by atoms with E-state index in [1.54, 1.807) is 18.2 Å². The number of nitrogens with zero attached hydrogens (tertiary/aromatic N) is 1. The van der Waals surface area contributed by atoms with Crippen molar-refractivity contribution in [1.29, 1.82) is 0 Å². The number of likely N-dealkylation sites (tertiary alicyclic amines) is 1. The topological polar surface area (TPSA) is 95.8 Å². The van der Waals surface area contributed by atoms with Crippen molar-refractivity contribution in [3.63, 3.8) is 0 Å². The van der Waals surface area contributed by atoms with Crippen LogP contribution in [0, 0.1) is 0 Å². The number of aliphatic hydroxyl groups is 1. The van der Waals surface area contributed by atoms with E-state index < -0.39 is 17.7 Å². The molecule has 2 N–H and O–H groups in total. The number of rotatable bonds is 6. The van der Waals surface area contributed by atoms with Crippen LogP contribution >= 0.6 is 0 Å². The second-order valence-electron chi connectivity index (χ2n) is 10.3. The number of hydrogen-bond acceptors (Lipinski definition) is 5. The molecule has 37 heavy (non-hydrogen) atoms. The van der Waals surface area contributed by atoms with Gasteiger partial charge in [0.1, 0.15) is 23.3 Å². The van der Waals surface area contributed by atoms with Crippen LogP contribution < -0.4 is 4.74 Å². The average molecular weight is 499 g/mol. The van der Waals surface area contributed by atoms with E-state index in [0.717, 1.165) is 22.0 Å². The zero-order valence-electron chi connectivity index (χ0n) is 21.4. The van der Waals surface area contributed by atoms with Gasteiger partial charge in [0.2, 0.25) is 0 Å². The van der Waals surface area contributed by atoms with Gasteiger partial charge >= 0.3 is 0 Å². The molecule has 190 valence electrons. The van der Waals surface area contributed by atoms with Gasteiger partial charge < -0.3 is 24.1 Å². The molecular weight excluding hydrogens is 468 g/mol. The number of para-hydroxylation sites is 1. The van der Waals surface area contributed by atoms with Crippen molar-refractivity contribution in [3.8, 4) is 5.75 Å². The zero-order chi connectivity index (χ0) is 26.3. The van der Waals surface area contributed by atoms with E-state index in [1.165, 1.54) is 18.3 Å². The van der Waals surface area contributed by atoms with Crippen molar-refractivity contribution < 1.29 is 23.8 Å². The summed E-state index contributed by atoms with van der Waals surface area (Å²) < 4.78 is 11.2. The second kappa shape index (κ2) is 9.32. The molecule has 1 fully saturated rings. The summed E-state index contributed by atoms with van der Waals surface area (Å²) in [4.78, 5) is 31.4. The third-order valence-electron chi connectivity index (χ3n) is 6.97. The number of methoxy groups -OCH3 is 1. The van der Waals surface area contributed by atoms with Crippen LogP contribution in [0.5, 0.6) is 5.75 Å². The molecule has 2 aromatic heterocycles. The van der Waals surface area contributed by atoms with Crippen LogP contribution in [0.25, 0.3) is 16.7 Å². The Bertz CT molecular complexity index is 1500. The maximum Gasteiger partial charge on any atom is 0.295 e. The molecule has 5 rings (SSSR count). The van der Waals surface area contributed by atoms with E-state index in [4.69, 9.17) is 9.15 Å². The van der Waals surface area contributed by atoms with Gasteiger partial charge in [0.25, 0.3) is 11.7 Å². The minimum Gasteiger partial charge on any atom is -0.507 e. The molecule has 0 radical (unpaired) electrons. The second-order valence-corrected chi connectivity index (χ2v) is 10.3. The minimum absolute atomic E-state index is 0.0109. The third kappa shape index (κ3) is 4.31. The summed E-state index contributed by atoms with van der Waals surface area (Å²) in [6, 6.07) is 16.0. The number of carbonyl (C=O) groups excluding carboxylic acids is 2. The Morgan fingerprint density at radius 3 is 2.59 bits per heavy atom. The molecule has 0 aliphatic carbocycles. The summed E-state index contributed by atoms with van der Waals surface area (Å²) in [6.07, 6.45) is 3.94. The lowest BCUT2D eigenvalue weighted by atomic mass is 9.85. The van der Waals surface area contributed by atoms with Gasteiger partial charge in [0.15, 0.2) is 0 Å². The van der Waals surface area contributed by atoms with Crippen LogP contribution in [-0.2, 0) is 21.4 Å². The fourth-order valence-electron chi connectivity index (χ4n) is 4.94. The molecular formula is C30H30N2O5. The Hall–Kier alpha value is -4.26. The van der Waals surface area contributed by atoms with E-state index in [-0.39, 0.29) is 23.3 Å². The smallest absolute Gasteiger partial charge is 0.295 e. The summed E-state index contributed by atoms with van der Waals surface area (Å²) in [5.74, 6) is -0.883. The van der Waals surface area contributed by atoms with Gasteiger partial charge in [-0.25, -0.2) is 0 Å². The molecule has 1 atom stereocenters. The Balaban J connectivity index is 1.59. The predicted molar refractivity (Wildman–Crippen MR) is 141 cm³/mol. The maximum atomic E-state index is 13.4. The molecule has 1 saturated heterocycles. The highest BCUT2D eigenvalue weighted by molar-refractivity contribution is 6.46. The van der Waals surface area contributed by atoms with Crippen molar-refractivity contribution in [2.75, 3.05) is 13.7 Å². The number of H-pyrrole nitrogens is 1. The Morgan fingerprint density at radius 1 is 1.11 bits per heavy atom. The first kappa shape index (κ1) is 24.4. The SMILES string of the molecule is COc1ccc(C(C)(C)C)cc1/C(O)=C1\C(=O)C(=O)N(CCc2c[nH]c3ccccc23)C1c1ccco1. The number of aromatic amines is 1. The first-order valence-corrected chi connectivity index (χ1v) is 12.3. The number of hydrogen-bond donors (Lipinski definition) is 2. The largest absolute Gasteiger partial charge is 0.507 e. The number of benzene rings is 2. The van der Waals surface area contributed by atoms with Crippen LogP contribution in [-0.4, -0.2) is 40.3 Å². The van der Waals surface area contributed by atoms with Crippen molar-refractivity contribution in [2.45, 2.75) is 38.6 Å². The van der Waals surface area contributed by atoms with Crippen LogP contribution in [0.15, 0.2) is 77.0 Å². The lowest BCUT2D eigenvalue weighted by Gasteiger charge is -2.24. The number of fused-ring (bicyclic) bond motifs is 1. The van der Waals surface area contributed by atoms with Gasteiger partial charge in [-0.1, -0.05) is 45.0 Å². The fourth-order valence-corrected chi connectivity index (χ4v) is 4.94. The molecule has 0 bridgehead atoms. The van der Waals surface area contributed by atoms with Gasteiger partial charge in [0, 0.05) is 23.6 Å². The first-order valence-electron chi connectivity index (χ1n) is 12.3. The predicted octanol–water partition coefficient (Wildman–Crippen LogP) is 5.73. The van der Waals surface area contributed by atoms with E-state index in [0.29, 0.717) is 23.5 Å². The number of aliphatic hydroxyl groups excluding tert-OH is 1. The number of nitrogens with one attached hydrogen (secondary N) is 1. The molecule has 7 heteroatoms. The summed E-state index contributed by atoms with van der Waals surface area (Å²) >= 11 is 0. The van der Waals surface area contributed by atoms with E-state index in [9.17, 15) is 14.7 Å². The van der Waals surface area contributed by atoms with Gasteiger partial charge in [-0.15, -0.1) is 0 Å². The zero-order valence-corrected chi connectivity index (χ0v) is 21.4. The number of Topliss-reactive ketones (excluding diaryl/α,β-unsaturated/α-hetero) is 1. The van der Waals surface area contributed by atoms with Crippen LogP contribution in [0.4, 0.5) is 0 Å². The van der Waals surface area contributed by atoms with Gasteiger partial charge in [-0.3, -0.25) is 9.59 Å². The molecule has 1 unspecified atom stereocenters. The quantitative estimate of drug-likeness (QED) is 0.201. The van der Waals surface area contributed by atoms with E-state index in [1.807, 2.05) is 42.6 Å². The summed E-state index contributed by atoms with van der Waals surface area (Å²) in [6.45, 7) is 6.45. The Morgan fingerprint density at radius 2 is 1.89 bits per heavy atom. The number of ketones is 1. The highest BCUT2D eigenvalue weighted by atomic mass is 16.5. The van der Waals surface area contributed by atoms with E-state index >= 15 is 0 Å². The van der Waals surface area contributed by atoms with Crippen LogP contribution in [0.3, 0.4) is 0 Å². The maximum absolute atomic E-state index is 13.4. The number of aromatic nitrogens is 1. The van der Waals surface area contributed by atoms with Gasteiger partial charge in [0.05, 0.1) is 24.5 Å². The summed E-state index contributed by atoms with van der Waals surface area (Å²) in [5, 5.41) is 12.6. The minimum atomic E-state index is -0.858. The fraction of sp³-hybridized carbons (Fsp3) is 0.267. The first-order chi connectivity index (χ1) is 17.7. The van der Waals surface area contributed by atoms with Crippen LogP contribution in [0.2, 0.25) is 0 Å². The van der Waals surface area contributed by atoms with Gasteiger partial charge in [-0.2, -0.15) is 0 Å². The molecule has 0 spiro atoms. The summed E-state index contributed by atoms with van der Waals surface area (Å²) in [5.41, 5.74) is 3.15. The standard InChI is InChI=1S/C30H30N2O5/c1-30(2,3)19-11-12-23(36-4)21(16-19)27(33)25-26(24-10-7-15-37-24)32(29(35)28(25)34)14-13-18-17-31-22-9-6-5-8-20(18)22/h5-12,15-17,26,31,33H,13-14H2,1-4H3/b27-25+.